The van der Waals surface area contributed by atoms with Gasteiger partial charge in [0.15, 0.2) is 0 Å². The van der Waals surface area contributed by atoms with Crippen molar-refractivity contribution >= 4 is 5.97 Å². The van der Waals surface area contributed by atoms with Crippen LogP contribution >= 0.6 is 0 Å². The molecule has 0 radical (unpaired) electrons. The first-order valence-corrected chi connectivity index (χ1v) is 6.23. The Morgan fingerprint density at radius 3 is 2.05 bits per heavy atom. The second-order valence-electron chi connectivity index (χ2n) is 4.65. The zero-order valence-electron chi connectivity index (χ0n) is 10.7. The van der Waals surface area contributed by atoms with Crippen LogP contribution in [0.2, 0.25) is 0 Å². The van der Waals surface area contributed by atoms with Gasteiger partial charge in [-0.15, -0.1) is 0 Å². The van der Waals surface area contributed by atoms with Crippen LogP contribution in [0.1, 0.15) is 11.1 Å². The number of rotatable bonds is 5. The molecule has 0 fully saturated rings. The van der Waals surface area contributed by atoms with Crippen molar-refractivity contribution in [3.8, 4) is 0 Å². The number of halogens is 1. The summed E-state index contributed by atoms with van der Waals surface area (Å²) in [7, 11) is 0. The highest BCUT2D eigenvalue weighted by Crippen LogP contribution is 2.31. The molecule has 2 N–H and O–H groups in total. The van der Waals surface area contributed by atoms with Crippen molar-refractivity contribution in [2.75, 3.05) is 0 Å². The molecule has 0 unspecified atom stereocenters. The van der Waals surface area contributed by atoms with Crippen molar-refractivity contribution in [2.24, 2.45) is 0 Å². The molecule has 0 aliphatic rings. The van der Waals surface area contributed by atoms with Crippen molar-refractivity contribution in [2.45, 2.75) is 18.2 Å². The molecule has 104 valence electrons. The van der Waals surface area contributed by atoms with Gasteiger partial charge in [0.25, 0.3) is 0 Å². The molecule has 3 nitrogen and oxygen atoms in total. The van der Waals surface area contributed by atoms with E-state index in [0.29, 0.717) is 5.56 Å². The summed E-state index contributed by atoms with van der Waals surface area (Å²) in [6, 6.07) is 16.8. The quantitative estimate of drug-likeness (QED) is 0.881. The fraction of sp³-hybridized carbons (Fsp3) is 0.188. The van der Waals surface area contributed by atoms with E-state index in [0.717, 1.165) is 0 Å². The van der Waals surface area contributed by atoms with Crippen LogP contribution in [0.25, 0.3) is 0 Å². The van der Waals surface area contributed by atoms with Crippen LogP contribution in [0.15, 0.2) is 60.7 Å². The predicted octanol–water partition coefficient (Wildman–Crippen LogP) is 2.54. The van der Waals surface area contributed by atoms with E-state index in [1.54, 1.807) is 48.5 Å². The summed E-state index contributed by atoms with van der Waals surface area (Å²) in [6.07, 6.45) is -2.50. The lowest BCUT2D eigenvalue weighted by Crippen LogP contribution is -2.43. The van der Waals surface area contributed by atoms with Crippen molar-refractivity contribution < 1.29 is 19.4 Å². The van der Waals surface area contributed by atoms with Gasteiger partial charge in [0, 0.05) is 6.42 Å². The third-order valence-corrected chi connectivity index (χ3v) is 3.23. The molecule has 0 aliphatic heterocycles. The molecule has 2 atom stereocenters. The minimum Gasteiger partial charge on any atom is -0.479 e. The van der Waals surface area contributed by atoms with Crippen LogP contribution in [-0.2, 0) is 16.8 Å². The summed E-state index contributed by atoms with van der Waals surface area (Å²) < 4.78 is 14.1. The minimum absolute atomic E-state index is 0.106. The molecule has 0 spiro atoms. The normalized spacial score (nSPS) is 15.3. The molecular formula is C16H15FO3. The molecule has 2 aromatic rings. The monoisotopic (exact) mass is 274 g/mol. The summed E-state index contributed by atoms with van der Waals surface area (Å²) in [5, 5.41) is 19.5. The van der Waals surface area contributed by atoms with Gasteiger partial charge in [-0.05, 0) is 11.1 Å². The minimum atomic E-state index is -2.40. The Balaban J connectivity index is 2.42. The van der Waals surface area contributed by atoms with Crippen molar-refractivity contribution in [1.82, 2.24) is 0 Å². The van der Waals surface area contributed by atoms with E-state index in [-0.39, 0.29) is 12.0 Å². The highest BCUT2D eigenvalue weighted by atomic mass is 19.1. The van der Waals surface area contributed by atoms with Crippen LogP contribution in [0.3, 0.4) is 0 Å². The number of carboxylic acid groups (broad SMARTS) is 1. The zero-order chi connectivity index (χ0) is 14.6. The van der Waals surface area contributed by atoms with E-state index in [2.05, 4.69) is 0 Å². The van der Waals surface area contributed by atoms with E-state index in [1.807, 2.05) is 0 Å². The Morgan fingerprint density at radius 2 is 1.55 bits per heavy atom. The fourth-order valence-electron chi connectivity index (χ4n) is 2.18. The largest absolute Gasteiger partial charge is 0.479 e. The molecule has 2 aromatic carbocycles. The summed E-state index contributed by atoms with van der Waals surface area (Å²) in [5.74, 6) is -1.67. The Morgan fingerprint density at radius 1 is 1.05 bits per heavy atom. The van der Waals surface area contributed by atoms with Crippen molar-refractivity contribution in [1.29, 1.82) is 0 Å². The molecular weight excluding hydrogens is 259 g/mol. The van der Waals surface area contributed by atoms with Crippen molar-refractivity contribution in [3.63, 3.8) is 0 Å². The molecule has 0 bridgehead atoms. The van der Waals surface area contributed by atoms with Gasteiger partial charge in [-0.1, -0.05) is 60.7 Å². The van der Waals surface area contributed by atoms with E-state index in [1.165, 1.54) is 12.1 Å². The van der Waals surface area contributed by atoms with Crippen LogP contribution in [0.5, 0.6) is 0 Å². The lowest BCUT2D eigenvalue weighted by molar-refractivity contribution is -0.155. The SMILES string of the molecule is O=C(O)[C@H](F)[C@@](O)(Cc1ccccc1)c1ccccc1. The summed E-state index contributed by atoms with van der Waals surface area (Å²) in [6.45, 7) is 0. The second-order valence-corrected chi connectivity index (χ2v) is 4.65. The molecule has 0 saturated heterocycles. The van der Waals surface area contributed by atoms with Gasteiger partial charge in [-0.3, -0.25) is 0 Å². The third kappa shape index (κ3) is 2.86. The average Bonchev–Trinajstić information content (AvgIpc) is 2.48. The van der Waals surface area contributed by atoms with Gasteiger partial charge >= 0.3 is 5.97 Å². The molecule has 0 aromatic heterocycles. The van der Waals surface area contributed by atoms with E-state index in [4.69, 9.17) is 5.11 Å². The summed E-state index contributed by atoms with van der Waals surface area (Å²) >= 11 is 0. The Bertz CT molecular complexity index is 571. The maximum Gasteiger partial charge on any atom is 0.341 e. The number of hydrogen-bond acceptors (Lipinski definition) is 2. The summed E-state index contributed by atoms with van der Waals surface area (Å²) in [5.41, 5.74) is -1.17. The molecule has 2 rings (SSSR count). The van der Waals surface area contributed by atoms with Gasteiger partial charge < -0.3 is 10.2 Å². The van der Waals surface area contributed by atoms with Crippen LogP contribution < -0.4 is 0 Å². The first kappa shape index (κ1) is 14.2. The van der Waals surface area contributed by atoms with Gasteiger partial charge in [-0.2, -0.15) is 0 Å². The topological polar surface area (TPSA) is 57.5 Å². The third-order valence-electron chi connectivity index (χ3n) is 3.23. The van der Waals surface area contributed by atoms with Gasteiger partial charge in [-0.25, -0.2) is 9.18 Å². The van der Waals surface area contributed by atoms with Gasteiger partial charge in [0.05, 0.1) is 0 Å². The second kappa shape index (κ2) is 5.84. The predicted molar refractivity (Wildman–Crippen MR) is 73.0 cm³/mol. The number of aliphatic hydroxyl groups is 1. The number of hydrogen-bond donors (Lipinski definition) is 2. The number of benzene rings is 2. The maximum absolute atomic E-state index is 14.1. The smallest absolute Gasteiger partial charge is 0.341 e. The molecule has 0 saturated carbocycles. The molecule has 4 heteroatoms. The first-order valence-electron chi connectivity index (χ1n) is 6.23. The van der Waals surface area contributed by atoms with Gasteiger partial charge in [0.2, 0.25) is 6.17 Å². The highest BCUT2D eigenvalue weighted by molar-refractivity contribution is 5.74. The maximum atomic E-state index is 14.1. The lowest BCUT2D eigenvalue weighted by Gasteiger charge is -2.30. The Kier molecular flexibility index (Phi) is 4.15. The lowest BCUT2D eigenvalue weighted by atomic mass is 9.83. The Hall–Kier alpha value is -2.20. The zero-order valence-corrected chi connectivity index (χ0v) is 10.7. The van der Waals surface area contributed by atoms with Crippen LogP contribution in [-0.4, -0.2) is 22.4 Å². The van der Waals surface area contributed by atoms with Crippen LogP contribution in [0.4, 0.5) is 4.39 Å². The standard InChI is InChI=1S/C16H15FO3/c17-14(15(18)19)16(20,13-9-5-2-6-10-13)11-12-7-3-1-4-8-12/h1-10,14,20H,11H2,(H,18,19)/t14-,16+/m0/s1. The van der Waals surface area contributed by atoms with E-state index in [9.17, 15) is 14.3 Å². The van der Waals surface area contributed by atoms with E-state index >= 15 is 0 Å². The highest BCUT2D eigenvalue weighted by Gasteiger charge is 2.43. The van der Waals surface area contributed by atoms with Crippen molar-refractivity contribution in [3.05, 3.63) is 71.8 Å². The van der Waals surface area contributed by atoms with E-state index < -0.39 is 17.7 Å². The molecule has 0 heterocycles. The number of carbonyl (C=O) groups is 1. The number of alkyl halides is 1. The fourth-order valence-corrected chi connectivity index (χ4v) is 2.18. The molecule has 0 amide bonds. The number of aliphatic carboxylic acids is 1. The van der Waals surface area contributed by atoms with Gasteiger partial charge in [0.1, 0.15) is 5.60 Å². The molecule has 20 heavy (non-hydrogen) atoms. The first-order chi connectivity index (χ1) is 9.54. The average molecular weight is 274 g/mol. The summed E-state index contributed by atoms with van der Waals surface area (Å²) in [4.78, 5) is 11.0. The Labute approximate surface area is 116 Å². The number of carboxylic acids is 1. The van der Waals surface area contributed by atoms with Crippen LogP contribution in [0, 0.1) is 0 Å². The molecule has 0 aliphatic carbocycles.